The highest BCUT2D eigenvalue weighted by molar-refractivity contribution is 7.79. The molecule has 9 nitrogen and oxygen atoms in total. The Hall–Kier alpha value is -2.74. The van der Waals surface area contributed by atoms with Gasteiger partial charge >= 0.3 is 5.97 Å². The Morgan fingerprint density at radius 1 is 1.38 bits per heavy atom. The topological polar surface area (TPSA) is 131 Å². The summed E-state index contributed by atoms with van der Waals surface area (Å²) in [5.74, 6) is 5.04. The number of benzene rings is 1. The molecule has 2 atom stereocenters. The van der Waals surface area contributed by atoms with Gasteiger partial charge in [-0.3, -0.25) is 14.4 Å². The van der Waals surface area contributed by atoms with Crippen LogP contribution < -0.4 is 10.6 Å². The summed E-state index contributed by atoms with van der Waals surface area (Å²) >= 11 is -1.84. The van der Waals surface area contributed by atoms with Gasteiger partial charge in [0.05, 0.1) is 5.75 Å². The number of carbonyl (C=O) groups excluding carboxylic acids is 3. The van der Waals surface area contributed by atoms with Gasteiger partial charge in [-0.25, -0.2) is 4.21 Å². The quantitative estimate of drug-likeness (QED) is 0.157. The Morgan fingerprint density at radius 3 is 2.79 bits per heavy atom. The second kappa shape index (κ2) is 13.4. The summed E-state index contributed by atoms with van der Waals surface area (Å²) in [6.45, 7) is 3.29. The summed E-state index contributed by atoms with van der Waals surface area (Å²) in [5.41, 5.74) is 1.66. The van der Waals surface area contributed by atoms with Crippen molar-refractivity contribution in [1.82, 2.24) is 5.32 Å². The summed E-state index contributed by atoms with van der Waals surface area (Å²) in [6, 6.07) is 4.25. The summed E-state index contributed by atoms with van der Waals surface area (Å²) in [7, 11) is 0. The minimum Gasteiger partial charge on any atom is -0.461 e. The lowest BCUT2D eigenvalue weighted by molar-refractivity contribution is -0.142. The van der Waals surface area contributed by atoms with E-state index in [0.717, 1.165) is 0 Å². The maximum atomic E-state index is 12.0. The number of anilines is 1. The number of rotatable bonds is 11. The van der Waals surface area contributed by atoms with Crippen LogP contribution in [0.4, 0.5) is 5.69 Å². The zero-order valence-electron chi connectivity index (χ0n) is 16.2. The fourth-order valence-electron chi connectivity index (χ4n) is 2.04. The van der Waals surface area contributed by atoms with Crippen molar-refractivity contribution < 1.29 is 32.6 Å². The Bertz CT molecular complexity index is 801. The molecular formula is C19H24N2O7S. The normalized spacial score (nSPS) is 12.1. The van der Waals surface area contributed by atoms with Gasteiger partial charge < -0.3 is 24.7 Å². The second-order valence-corrected chi connectivity index (χ2v) is 6.93. The average molecular weight is 424 g/mol. The standard InChI is InChI=1S/C19H24N2O7S/c1-14(20-13-22)19(24)21-18-7-6-17(12-28-15(2)23)16(11-18)5-3-8-27-9-4-10-29(25)26/h6-7,11,13-14H,4,8-10,12H2,1-2H3,(H,20,22)(H,21,24)(H,25,26). The van der Waals surface area contributed by atoms with Crippen molar-refractivity contribution in [3.63, 3.8) is 0 Å². The number of ether oxygens (including phenoxy) is 2. The van der Waals surface area contributed by atoms with Gasteiger partial charge in [-0.05, 0) is 25.5 Å². The van der Waals surface area contributed by atoms with Gasteiger partial charge in [0.25, 0.3) is 0 Å². The van der Waals surface area contributed by atoms with Crippen LogP contribution in [0.15, 0.2) is 18.2 Å². The number of hydrogen-bond acceptors (Lipinski definition) is 6. The Balaban J connectivity index is 2.82. The first kappa shape index (κ1) is 24.3. The monoisotopic (exact) mass is 424 g/mol. The zero-order valence-corrected chi connectivity index (χ0v) is 17.0. The van der Waals surface area contributed by atoms with Crippen LogP contribution in [0.5, 0.6) is 0 Å². The Labute approximate surface area is 171 Å². The zero-order chi connectivity index (χ0) is 21.6. The summed E-state index contributed by atoms with van der Waals surface area (Å²) in [6.07, 6.45) is 0.887. The minimum atomic E-state index is -1.84. The molecule has 0 aliphatic carbocycles. The van der Waals surface area contributed by atoms with Gasteiger partial charge in [-0.1, -0.05) is 17.9 Å². The molecule has 0 heterocycles. The summed E-state index contributed by atoms with van der Waals surface area (Å²) < 4.78 is 29.5. The molecule has 2 amide bonds. The van der Waals surface area contributed by atoms with Gasteiger partial charge in [0.15, 0.2) is 11.1 Å². The van der Waals surface area contributed by atoms with Crippen molar-refractivity contribution in [3.05, 3.63) is 29.3 Å². The van der Waals surface area contributed by atoms with Crippen molar-refractivity contribution in [3.8, 4) is 11.8 Å². The van der Waals surface area contributed by atoms with E-state index >= 15 is 0 Å². The van der Waals surface area contributed by atoms with E-state index in [2.05, 4.69) is 22.5 Å². The SMILES string of the molecule is CC(=O)OCc1ccc(NC(=O)C(C)NC=O)cc1C#CCOCCCS(=O)O. The first-order chi connectivity index (χ1) is 13.8. The van der Waals surface area contributed by atoms with E-state index in [1.54, 1.807) is 25.1 Å². The molecule has 3 N–H and O–H groups in total. The van der Waals surface area contributed by atoms with Crippen molar-refractivity contribution in [2.24, 2.45) is 0 Å². The third-order valence-electron chi connectivity index (χ3n) is 3.52. The van der Waals surface area contributed by atoms with Crippen LogP contribution >= 0.6 is 0 Å². The van der Waals surface area contributed by atoms with Crippen LogP contribution in [0.25, 0.3) is 0 Å². The van der Waals surface area contributed by atoms with Crippen molar-refractivity contribution in [1.29, 1.82) is 0 Å². The molecule has 0 spiro atoms. The van der Waals surface area contributed by atoms with Crippen LogP contribution in [0, 0.1) is 11.8 Å². The fourth-order valence-corrected chi connectivity index (χ4v) is 2.41. The van der Waals surface area contributed by atoms with E-state index in [9.17, 15) is 18.6 Å². The van der Waals surface area contributed by atoms with Crippen molar-refractivity contribution in [2.75, 3.05) is 24.3 Å². The lowest BCUT2D eigenvalue weighted by Crippen LogP contribution is -2.37. The molecule has 0 saturated carbocycles. The van der Waals surface area contributed by atoms with Gasteiger partial charge in [0, 0.05) is 30.3 Å². The molecule has 1 aromatic rings. The molecule has 158 valence electrons. The van der Waals surface area contributed by atoms with Gasteiger partial charge in [-0.15, -0.1) is 0 Å². The highest BCUT2D eigenvalue weighted by atomic mass is 32.2. The maximum absolute atomic E-state index is 12.0. The summed E-state index contributed by atoms with van der Waals surface area (Å²) in [5, 5.41) is 5.03. The molecule has 10 heteroatoms. The van der Waals surface area contributed by atoms with Crippen molar-refractivity contribution >= 4 is 35.1 Å². The number of esters is 1. The molecule has 0 aliphatic heterocycles. The highest BCUT2D eigenvalue weighted by Crippen LogP contribution is 2.17. The molecule has 0 fully saturated rings. The molecule has 1 aromatic carbocycles. The predicted octanol–water partition coefficient (Wildman–Crippen LogP) is 0.803. The Morgan fingerprint density at radius 2 is 2.14 bits per heavy atom. The lowest BCUT2D eigenvalue weighted by atomic mass is 10.1. The number of amides is 2. The van der Waals surface area contributed by atoms with E-state index < -0.39 is 29.0 Å². The van der Waals surface area contributed by atoms with Crippen LogP contribution in [-0.4, -0.2) is 52.1 Å². The van der Waals surface area contributed by atoms with E-state index in [1.807, 2.05) is 0 Å². The first-order valence-electron chi connectivity index (χ1n) is 8.74. The molecule has 2 unspecified atom stereocenters. The van der Waals surface area contributed by atoms with E-state index in [1.165, 1.54) is 6.92 Å². The molecule has 0 aromatic heterocycles. The predicted molar refractivity (Wildman–Crippen MR) is 107 cm³/mol. The number of hydrogen-bond donors (Lipinski definition) is 3. The maximum Gasteiger partial charge on any atom is 0.302 e. The third-order valence-corrected chi connectivity index (χ3v) is 4.16. The largest absolute Gasteiger partial charge is 0.461 e. The minimum absolute atomic E-state index is 0.0276. The van der Waals surface area contributed by atoms with Gasteiger partial charge in [0.1, 0.15) is 19.3 Å². The van der Waals surface area contributed by atoms with Crippen molar-refractivity contribution in [2.45, 2.75) is 32.9 Å². The fraction of sp³-hybridized carbons (Fsp3) is 0.421. The van der Waals surface area contributed by atoms with Gasteiger partial charge in [0.2, 0.25) is 12.3 Å². The average Bonchev–Trinajstić information content (AvgIpc) is 2.66. The molecule has 1 rings (SSSR count). The third kappa shape index (κ3) is 10.4. The molecule has 0 bridgehead atoms. The highest BCUT2D eigenvalue weighted by Gasteiger charge is 2.12. The number of carbonyl (C=O) groups is 3. The molecule has 29 heavy (non-hydrogen) atoms. The van der Waals surface area contributed by atoms with Crippen LogP contribution in [0.3, 0.4) is 0 Å². The van der Waals surface area contributed by atoms with Gasteiger partial charge in [-0.2, -0.15) is 0 Å². The first-order valence-corrected chi connectivity index (χ1v) is 10.0. The molecular weight excluding hydrogens is 400 g/mol. The lowest BCUT2D eigenvalue weighted by Gasteiger charge is -2.13. The molecule has 0 saturated heterocycles. The molecule has 0 aliphatic rings. The summed E-state index contributed by atoms with van der Waals surface area (Å²) in [4.78, 5) is 33.6. The Kier molecular flexibility index (Phi) is 11.3. The van der Waals surface area contributed by atoms with E-state index in [4.69, 9.17) is 14.0 Å². The van der Waals surface area contributed by atoms with Crippen LogP contribution in [-0.2, 0) is 41.5 Å². The van der Waals surface area contributed by atoms with Crippen LogP contribution in [0.1, 0.15) is 31.4 Å². The smallest absolute Gasteiger partial charge is 0.302 e. The second-order valence-electron chi connectivity index (χ2n) is 5.88. The van der Waals surface area contributed by atoms with E-state index in [-0.39, 0.29) is 19.0 Å². The molecule has 0 radical (unpaired) electrons. The van der Waals surface area contributed by atoms with Crippen LogP contribution in [0.2, 0.25) is 0 Å². The number of nitrogens with one attached hydrogen (secondary N) is 2. The van der Waals surface area contributed by atoms with E-state index in [0.29, 0.717) is 36.3 Å².